The quantitative estimate of drug-likeness (QED) is 0.243. The van der Waals surface area contributed by atoms with Gasteiger partial charge >= 0.3 is 23.9 Å². The molecule has 0 aromatic heterocycles. The first kappa shape index (κ1) is 29.0. The molecule has 11 nitrogen and oxygen atoms in total. The lowest BCUT2D eigenvalue weighted by Gasteiger charge is -2.43. The molecule has 2 aliphatic heterocycles. The number of rotatable bonds is 10. The number of esters is 4. The molecule has 214 valence electrons. The topological polar surface area (TPSA) is 136 Å². The summed E-state index contributed by atoms with van der Waals surface area (Å²) in [5, 5.41) is 0. The van der Waals surface area contributed by atoms with Gasteiger partial charge in [0.15, 0.2) is 12.2 Å². The van der Waals surface area contributed by atoms with E-state index >= 15 is 0 Å². The van der Waals surface area contributed by atoms with Crippen molar-refractivity contribution >= 4 is 23.9 Å². The van der Waals surface area contributed by atoms with Gasteiger partial charge in [-0.25, -0.2) is 0 Å². The second kappa shape index (κ2) is 12.9. The minimum absolute atomic E-state index is 0.0646. The molecular weight excluding hydrogens is 524 g/mol. The average Bonchev–Trinajstić information content (AvgIpc) is 3.66. The van der Waals surface area contributed by atoms with Crippen LogP contribution in [0, 0.1) is 0 Å². The zero-order valence-electron chi connectivity index (χ0n) is 22.6. The Bertz CT molecular complexity index is 1200. The fourth-order valence-electron chi connectivity index (χ4n) is 4.59. The highest BCUT2D eigenvalue weighted by atomic mass is 16.7. The first-order chi connectivity index (χ1) is 19.1. The summed E-state index contributed by atoms with van der Waals surface area (Å²) in [6.45, 7) is 4.37. The average molecular weight is 557 g/mol. The normalized spacial score (nSPS) is 27.1. The van der Waals surface area contributed by atoms with Gasteiger partial charge in [0.25, 0.3) is 0 Å². The Balaban J connectivity index is 1.51. The molecule has 0 aliphatic carbocycles. The van der Waals surface area contributed by atoms with Gasteiger partial charge in [0.1, 0.15) is 24.6 Å². The summed E-state index contributed by atoms with van der Waals surface area (Å²) >= 11 is 0. The molecule has 0 saturated carbocycles. The van der Waals surface area contributed by atoms with Crippen molar-refractivity contribution < 1.29 is 52.3 Å². The van der Waals surface area contributed by atoms with Gasteiger partial charge in [-0.2, -0.15) is 0 Å². The molecule has 2 aromatic rings. The van der Waals surface area contributed by atoms with Gasteiger partial charge in [-0.15, -0.1) is 0 Å². The molecule has 11 heteroatoms. The van der Waals surface area contributed by atoms with Crippen LogP contribution >= 0.6 is 0 Å². The number of epoxide rings is 1. The molecule has 2 fully saturated rings. The molecule has 0 N–H and O–H groups in total. The van der Waals surface area contributed by atoms with Gasteiger partial charge in [0, 0.05) is 34.1 Å². The number of ether oxygens (including phenoxy) is 7. The number of hydrogen-bond acceptors (Lipinski definition) is 11. The Labute approximate surface area is 231 Å². The first-order valence-electron chi connectivity index (χ1n) is 12.9. The van der Waals surface area contributed by atoms with Crippen molar-refractivity contribution in [2.75, 3.05) is 6.61 Å². The molecule has 2 saturated heterocycles. The fourth-order valence-corrected chi connectivity index (χ4v) is 4.59. The van der Waals surface area contributed by atoms with Crippen LogP contribution in [0.4, 0.5) is 0 Å². The van der Waals surface area contributed by atoms with Gasteiger partial charge < -0.3 is 33.2 Å². The molecule has 2 aliphatic rings. The van der Waals surface area contributed by atoms with Crippen molar-refractivity contribution in [1.29, 1.82) is 0 Å². The van der Waals surface area contributed by atoms with E-state index in [2.05, 4.69) is 0 Å². The molecule has 2 aromatic carbocycles. The van der Waals surface area contributed by atoms with Crippen LogP contribution in [0.1, 0.15) is 44.9 Å². The van der Waals surface area contributed by atoms with E-state index in [-0.39, 0.29) is 18.8 Å². The Morgan fingerprint density at radius 3 is 1.88 bits per heavy atom. The third kappa shape index (κ3) is 7.80. The van der Waals surface area contributed by atoms with Crippen LogP contribution in [0.25, 0.3) is 0 Å². The van der Waals surface area contributed by atoms with E-state index in [9.17, 15) is 19.2 Å². The fraction of sp³-hybridized carbons (Fsp3) is 0.448. The SMILES string of the molecule is CC(=O)OC[C@H]1O[C@@H](Oc2ccc(C[C@H]3O[C@H]3c3ccccc3)cc2)[C@H](OC(C)=O)[C@@H](OC(C)=O)[C@@H]1OC(C)=O. The van der Waals surface area contributed by atoms with Gasteiger partial charge in [-0.05, 0) is 23.3 Å². The van der Waals surface area contributed by atoms with E-state index in [1.54, 1.807) is 12.1 Å². The molecule has 0 bridgehead atoms. The lowest BCUT2D eigenvalue weighted by Crippen LogP contribution is -2.63. The Morgan fingerprint density at radius 2 is 1.27 bits per heavy atom. The second-order valence-electron chi connectivity index (χ2n) is 9.54. The summed E-state index contributed by atoms with van der Waals surface area (Å²) in [6, 6.07) is 17.2. The summed E-state index contributed by atoms with van der Waals surface area (Å²) in [6.07, 6.45) is -5.38. The maximum absolute atomic E-state index is 12.0. The summed E-state index contributed by atoms with van der Waals surface area (Å²) in [5.74, 6) is -2.34. The second-order valence-corrected chi connectivity index (χ2v) is 9.54. The van der Waals surface area contributed by atoms with Crippen molar-refractivity contribution in [3.05, 3.63) is 65.7 Å². The first-order valence-corrected chi connectivity index (χ1v) is 12.9. The minimum atomic E-state index is -1.30. The van der Waals surface area contributed by atoms with E-state index in [1.807, 2.05) is 42.5 Å². The third-order valence-corrected chi connectivity index (χ3v) is 6.27. The summed E-state index contributed by atoms with van der Waals surface area (Å²) < 4.78 is 39.2. The van der Waals surface area contributed by atoms with E-state index < -0.39 is 54.6 Å². The largest absolute Gasteiger partial charge is 0.463 e. The number of carbonyl (C=O) groups is 4. The van der Waals surface area contributed by atoms with Crippen molar-refractivity contribution in [2.45, 2.75) is 77.0 Å². The highest BCUT2D eigenvalue weighted by Crippen LogP contribution is 2.40. The predicted octanol–water partition coefficient (Wildman–Crippen LogP) is 2.83. The molecular formula is C29H32O11. The van der Waals surface area contributed by atoms with Gasteiger partial charge in [-0.1, -0.05) is 42.5 Å². The van der Waals surface area contributed by atoms with Crippen LogP contribution < -0.4 is 4.74 Å². The van der Waals surface area contributed by atoms with E-state index in [0.717, 1.165) is 25.0 Å². The van der Waals surface area contributed by atoms with Crippen molar-refractivity contribution in [3.63, 3.8) is 0 Å². The molecule has 0 radical (unpaired) electrons. The lowest BCUT2D eigenvalue weighted by atomic mass is 9.98. The maximum atomic E-state index is 12.0. The zero-order chi connectivity index (χ0) is 28.8. The minimum Gasteiger partial charge on any atom is -0.463 e. The highest BCUT2D eigenvalue weighted by molar-refractivity contribution is 5.68. The van der Waals surface area contributed by atoms with Crippen molar-refractivity contribution in [2.24, 2.45) is 0 Å². The number of hydrogen-bond donors (Lipinski definition) is 0. The van der Waals surface area contributed by atoms with E-state index in [0.29, 0.717) is 12.2 Å². The summed E-state index contributed by atoms with van der Waals surface area (Å²) in [5.41, 5.74) is 2.16. The molecule has 40 heavy (non-hydrogen) atoms. The standard InChI is InChI=1S/C29H32O11/c1-16(30)34-15-24-26(35-17(2)31)27(36-18(3)32)28(37-19(4)33)29(40-24)38-22-12-10-20(11-13-22)14-23-25(39-23)21-8-6-5-7-9-21/h5-13,23-29H,14-15H2,1-4H3/t23-,24-,25+,26-,27+,28-,29-/m1/s1. The summed E-state index contributed by atoms with van der Waals surface area (Å²) in [7, 11) is 0. The van der Waals surface area contributed by atoms with Crippen LogP contribution in [-0.2, 0) is 54.0 Å². The number of benzene rings is 2. The van der Waals surface area contributed by atoms with Crippen molar-refractivity contribution in [3.8, 4) is 5.75 Å². The molecule has 7 atom stereocenters. The van der Waals surface area contributed by atoms with Crippen LogP contribution in [0.2, 0.25) is 0 Å². The number of carbonyl (C=O) groups excluding carboxylic acids is 4. The molecule has 0 unspecified atom stereocenters. The maximum Gasteiger partial charge on any atom is 0.303 e. The van der Waals surface area contributed by atoms with Gasteiger partial charge in [0.2, 0.25) is 12.4 Å². The molecule has 2 heterocycles. The van der Waals surface area contributed by atoms with Gasteiger partial charge in [-0.3, -0.25) is 19.2 Å². The van der Waals surface area contributed by atoms with Crippen molar-refractivity contribution in [1.82, 2.24) is 0 Å². The van der Waals surface area contributed by atoms with Crippen LogP contribution in [0.5, 0.6) is 5.75 Å². The molecule has 4 rings (SSSR count). The third-order valence-electron chi connectivity index (χ3n) is 6.27. The predicted molar refractivity (Wildman–Crippen MR) is 137 cm³/mol. The highest BCUT2D eigenvalue weighted by Gasteiger charge is 2.53. The Kier molecular flexibility index (Phi) is 9.38. The smallest absolute Gasteiger partial charge is 0.303 e. The Morgan fingerprint density at radius 1 is 0.675 bits per heavy atom. The van der Waals surface area contributed by atoms with E-state index in [1.165, 1.54) is 13.8 Å². The molecule has 0 amide bonds. The van der Waals surface area contributed by atoms with Crippen LogP contribution in [0.3, 0.4) is 0 Å². The zero-order valence-corrected chi connectivity index (χ0v) is 22.6. The lowest BCUT2D eigenvalue weighted by molar-refractivity contribution is -0.288. The van der Waals surface area contributed by atoms with Crippen LogP contribution in [-0.4, -0.2) is 67.3 Å². The monoisotopic (exact) mass is 556 g/mol. The van der Waals surface area contributed by atoms with Gasteiger partial charge in [0.05, 0.1) is 6.10 Å². The van der Waals surface area contributed by atoms with Crippen LogP contribution in [0.15, 0.2) is 54.6 Å². The molecule has 0 spiro atoms. The van der Waals surface area contributed by atoms with E-state index in [4.69, 9.17) is 33.2 Å². The Hall–Kier alpha value is -3.96. The summed E-state index contributed by atoms with van der Waals surface area (Å²) in [4.78, 5) is 47.3.